The number of nitro groups is 1. The summed E-state index contributed by atoms with van der Waals surface area (Å²) in [4.78, 5) is 39.5. The topological polar surface area (TPSA) is 126 Å². The van der Waals surface area contributed by atoms with E-state index in [-0.39, 0.29) is 23.6 Å². The Balaban J connectivity index is 1.46. The summed E-state index contributed by atoms with van der Waals surface area (Å²) < 4.78 is 5.67. The van der Waals surface area contributed by atoms with Crippen LogP contribution in [0.15, 0.2) is 24.3 Å². The third-order valence-electron chi connectivity index (χ3n) is 5.81. The number of fused-ring (bicyclic) bond motifs is 1. The number of aromatic nitrogens is 1. The van der Waals surface area contributed by atoms with Crippen molar-refractivity contribution in [1.82, 2.24) is 9.88 Å². The van der Waals surface area contributed by atoms with Crippen molar-refractivity contribution in [1.29, 1.82) is 0 Å². The van der Waals surface area contributed by atoms with Gasteiger partial charge >= 0.3 is 5.97 Å². The Morgan fingerprint density at radius 3 is 2.68 bits per heavy atom. The first-order valence-corrected chi connectivity index (χ1v) is 9.35. The summed E-state index contributed by atoms with van der Waals surface area (Å²) in [6.45, 7) is 1.48. The second-order valence-corrected chi connectivity index (χ2v) is 7.38. The molecule has 1 amide bonds. The number of carboxylic acids is 1. The van der Waals surface area contributed by atoms with Crippen LogP contribution < -0.4 is 0 Å². The fourth-order valence-electron chi connectivity index (χ4n) is 4.35. The number of aromatic amines is 1. The maximum absolute atomic E-state index is 12.9. The summed E-state index contributed by atoms with van der Waals surface area (Å²) in [6, 6.07) is 6.36. The Bertz CT molecular complexity index is 931. The molecule has 28 heavy (non-hydrogen) atoms. The lowest BCUT2D eigenvalue weighted by atomic mass is 9.84. The number of rotatable bonds is 4. The zero-order chi connectivity index (χ0) is 19.8. The molecule has 2 atom stereocenters. The van der Waals surface area contributed by atoms with E-state index in [4.69, 9.17) is 4.74 Å². The molecule has 2 fully saturated rings. The van der Waals surface area contributed by atoms with Crippen LogP contribution >= 0.6 is 0 Å². The normalized spacial score (nSPS) is 23.2. The van der Waals surface area contributed by atoms with Gasteiger partial charge in [-0.05, 0) is 31.2 Å². The second-order valence-electron chi connectivity index (χ2n) is 7.38. The number of benzene rings is 1. The number of carbonyl (C=O) groups is 2. The number of non-ortho nitro benzene ring substituents is 1. The van der Waals surface area contributed by atoms with Crippen LogP contribution in [0.25, 0.3) is 10.9 Å². The van der Waals surface area contributed by atoms with Crippen LogP contribution in [0.2, 0.25) is 0 Å². The minimum absolute atomic E-state index is 0.0617. The maximum atomic E-state index is 12.9. The molecule has 0 spiro atoms. The Morgan fingerprint density at radius 2 is 2.00 bits per heavy atom. The van der Waals surface area contributed by atoms with Gasteiger partial charge in [-0.25, -0.2) is 0 Å². The lowest BCUT2D eigenvalue weighted by molar-refractivity contribution is -0.383. The van der Waals surface area contributed by atoms with Crippen molar-refractivity contribution < 1.29 is 24.4 Å². The van der Waals surface area contributed by atoms with Crippen LogP contribution in [0, 0.1) is 22.0 Å². The van der Waals surface area contributed by atoms with Gasteiger partial charge in [0.15, 0.2) is 0 Å². The average molecular weight is 387 g/mol. The van der Waals surface area contributed by atoms with Crippen molar-refractivity contribution in [3.8, 4) is 0 Å². The van der Waals surface area contributed by atoms with Gasteiger partial charge in [0.2, 0.25) is 0 Å². The molecule has 9 nitrogen and oxygen atoms in total. The van der Waals surface area contributed by atoms with Gasteiger partial charge in [0.25, 0.3) is 11.6 Å². The number of hydrogen-bond acceptors (Lipinski definition) is 5. The number of nitro benzene ring substituents is 1. The third-order valence-corrected chi connectivity index (χ3v) is 5.81. The Hall–Kier alpha value is -2.94. The second kappa shape index (κ2) is 7.23. The van der Waals surface area contributed by atoms with E-state index in [1.807, 2.05) is 0 Å². The molecule has 148 valence electrons. The van der Waals surface area contributed by atoms with Crippen LogP contribution in [0.1, 0.15) is 29.8 Å². The number of piperidine rings is 1. The van der Waals surface area contributed by atoms with Crippen molar-refractivity contribution in [2.24, 2.45) is 11.8 Å². The number of nitrogens with zero attached hydrogens (tertiary/aromatic N) is 2. The molecule has 4 rings (SSSR count). The molecule has 0 saturated carbocycles. The molecular formula is C19H21N3O6. The first kappa shape index (κ1) is 18.4. The van der Waals surface area contributed by atoms with E-state index in [9.17, 15) is 24.8 Å². The van der Waals surface area contributed by atoms with Crippen molar-refractivity contribution in [3.63, 3.8) is 0 Å². The van der Waals surface area contributed by atoms with E-state index >= 15 is 0 Å². The fourth-order valence-corrected chi connectivity index (χ4v) is 4.35. The molecule has 9 heteroatoms. The van der Waals surface area contributed by atoms with Crippen molar-refractivity contribution in [3.05, 3.63) is 40.1 Å². The minimum Gasteiger partial charge on any atom is -0.481 e. The van der Waals surface area contributed by atoms with Gasteiger partial charge < -0.3 is 19.7 Å². The fraction of sp³-hybridized carbons (Fsp3) is 0.474. The number of aliphatic carboxylic acids is 1. The largest absolute Gasteiger partial charge is 0.481 e. The number of carbonyl (C=O) groups excluding carboxylic acids is 1. The zero-order valence-electron chi connectivity index (χ0n) is 15.2. The summed E-state index contributed by atoms with van der Waals surface area (Å²) in [5.41, 5.74) is 0.603. The van der Waals surface area contributed by atoms with Crippen molar-refractivity contribution in [2.45, 2.75) is 25.4 Å². The summed E-state index contributed by atoms with van der Waals surface area (Å²) in [7, 11) is 0. The monoisotopic (exact) mass is 387 g/mol. The van der Waals surface area contributed by atoms with Gasteiger partial charge in [0.05, 0.1) is 16.9 Å². The van der Waals surface area contributed by atoms with Gasteiger partial charge in [-0.1, -0.05) is 12.1 Å². The molecule has 2 N–H and O–H groups in total. The highest BCUT2D eigenvalue weighted by Gasteiger charge is 2.41. The zero-order valence-corrected chi connectivity index (χ0v) is 15.2. The van der Waals surface area contributed by atoms with E-state index in [1.54, 1.807) is 23.1 Å². The Morgan fingerprint density at radius 1 is 1.25 bits per heavy atom. The van der Waals surface area contributed by atoms with Crippen molar-refractivity contribution in [2.75, 3.05) is 19.7 Å². The highest BCUT2D eigenvalue weighted by atomic mass is 16.6. The number of nitrogens with one attached hydrogen (secondary N) is 1. The van der Waals surface area contributed by atoms with Crippen LogP contribution in [-0.2, 0) is 9.53 Å². The lowest BCUT2D eigenvalue weighted by Crippen LogP contribution is -2.43. The predicted octanol–water partition coefficient (Wildman–Crippen LogP) is 2.42. The predicted molar refractivity (Wildman–Crippen MR) is 99.1 cm³/mol. The summed E-state index contributed by atoms with van der Waals surface area (Å²) >= 11 is 0. The molecule has 1 aromatic heterocycles. The lowest BCUT2D eigenvalue weighted by Gasteiger charge is -2.35. The number of para-hydroxylation sites is 1. The van der Waals surface area contributed by atoms with Gasteiger partial charge in [0.1, 0.15) is 11.2 Å². The van der Waals surface area contributed by atoms with Gasteiger partial charge in [0, 0.05) is 31.1 Å². The standard InChI is InChI=1S/C19H21N3O6/c23-18(14-10-12-2-1-3-15(22(26)27)16(12)20-14)21-7-4-11(5-8-21)17-13(19(24)25)6-9-28-17/h1-3,10-11,13,17,20H,4-9H2,(H,24,25)/t13?,17-/m0/s1. The van der Waals surface area contributed by atoms with Crippen LogP contribution in [0.3, 0.4) is 0 Å². The van der Waals surface area contributed by atoms with Gasteiger partial charge in [-0.2, -0.15) is 0 Å². The van der Waals surface area contributed by atoms with E-state index < -0.39 is 16.8 Å². The molecular weight excluding hydrogens is 366 g/mol. The highest BCUT2D eigenvalue weighted by Crippen LogP contribution is 2.34. The number of H-pyrrole nitrogens is 1. The smallest absolute Gasteiger partial charge is 0.309 e. The molecule has 2 saturated heterocycles. The summed E-state index contributed by atoms with van der Waals surface area (Å²) in [5, 5.41) is 21.1. The Labute approximate surface area is 160 Å². The molecule has 1 unspecified atom stereocenters. The summed E-state index contributed by atoms with van der Waals surface area (Å²) in [6.07, 6.45) is 1.61. The van der Waals surface area contributed by atoms with Crippen LogP contribution in [0.4, 0.5) is 5.69 Å². The van der Waals surface area contributed by atoms with E-state index in [1.165, 1.54) is 6.07 Å². The summed E-state index contributed by atoms with van der Waals surface area (Å²) in [5.74, 6) is -1.37. The maximum Gasteiger partial charge on any atom is 0.309 e. The number of ether oxygens (including phenoxy) is 1. The number of likely N-dealkylation sites (tertiary alicyclic amines) is 1. The molecule has 0 radical (unpaired) electrons. The first-order chi connectivity index (χ1) is 13.5. The van der Waals surface area contributed by atoms with Crippen LogP contribution in [0.5, 0.6) is 0 Å². The molecule has 3 heterocycles. The van der Waals surface area contributed by atoms with E-state index in [0.29, 0.717) is 55.6 Å². The van der Waals surface area contributed by atoms with Crippen molar-refractivity contribution >= 4 is 28.5 Å². The third kappa shape index (κ3) is 3.22. The van der Waals surface area contributed by atoms with E-state index in [0.717, 1.165) is 0 Å². The number of hydrogen-bond donors (Lipinski definition) is 2. The SMILES string of the molecule is O=C(O)C1CCO[C@H]1C1CCN(C(=O)c2cc3cccc([N+](=O)[O-])c3[nH]2)CC1. The number of carboxylic acid groups (broad SMARTS) is 1. The van der Waals surface area contributed by atoms with Crippen LogP contribution in [-0.4, -0.2) is 57.6 Å². The minimum atomic E-state index is -0.819. The van der Waals surface area contributed by atoms with Gasteiger partial charge in [-0.15, -0.1) is 0 Å². The van der Waals surface area contributed by atoms with E-state index in [2.05, 4.69) is 4.98 Å². The molecule has 2 aliphatic heterocycles. The Kier molecular flexibility index (Phi) is 4.76. The quantitative estimate of drug-likeness (QED) is 0.613. The molecule has 2 aromatic rings. The number of amides is 1. The first-order valence-electron chi connectivity index (χ1n) is 9.35. The molecule has 2 aliphatic rings. The highest BCUT2D eigenvalue weighted by molar-refractivity contribution is 6.00. The van der Waals surface area contributed by atoms with Gasteiger partial charge in [-0.3, -0.25) is 19.7 Å². The average Bonchev–Trinajstić information content (AvgIpc) is 3.34. The molecule has 0 aliphatic carbocycles. The molecule has 1 aromatic carbocycles. The molecule has 0 bridgehead atoms.